The molecular weight excluding hydrogens is 354 g/mol. The van der Waals surface area contributed by atoms with Gasteiger partial charge in [0, 0.05) is 29.0 Å². The highest BCUT2D eigenvalue weighted by Gasteiger charge is 2.08. The molecule has 2 amide bonds. The molecular formula is C22H29N3O3. The number of hydrogen-bond donors (Lipinski definition) is 3. The molecule has 0 atom stereocenters. The Morgan fingerprint density at radius 3 is 2.36 bits per heavy atom. The Morgan fingerprint density at radius 1 is 0.964 bits per heavy atom. The second-order valence-electron chi connectivity index (χ2n) is 6.86. The Labute approximate surface area is 166 Å². The van der Waals surface area contributed by atoms with E-state index in [1.54, 1.807) is 6.07 Å². The van der Waals surface area contributed by atoms with Crippen LogP contribution in [0.2, 0.25) is 0 Å². The number of carbonyl (C=O) groups is 2. The van der Waals surface area contributed by atoms with E-state index in [1.807, 2.05) is 56.3 Å². The summed E-state index contributed by atoms with van der Waals surface area (Å²) >= 11 is 0. The van der Waals surface area contributed by atoms with E-state index < -0.39 is 0 Å². The van der Waals surface area contributed by atoms with Crippen LogP contribution in [-0.2, 0) is 9.59 Å². The zero-order valence-corrected chi connectivity index (χ0v) is 16.7. The molecule has 28 heavy (non-hydrogen) atoms. The summed E-state index contributed by atoms with van der Waals surface area (Å²) in [6.45, 7) is 6.57. The van der Waals surface area contributed by atoms with Crippen LogP contribution in [0.5, 0.6) is 5.75 Å². The minimum Gasteiger partial charge on any atom is -0.494 e. The summed E-state index contributed by atoms with van der Waals surface area (Å²) in [6, 6.07) is 14.7. The molecule has 150 valence electrons. The second-order valence-corrected chi connectivity index (χ2v) is 6.86. The molecule has 6 heteroatoms. The third kappa shape index (κ3) is 7.31. The van der Waals surface area contributed by atoms with E-state index >= 15 is 0 Å². The Morgan fingerprint density at radius 2 is 1.64 bits per heavy atom. The van der Waals surface area contributed by atoms with Gasteiger partial charge in [-0.25, -0.2) is 0 Å². The van der Waals surface area contributed by atoms with Gasteiger partial charge in [-0.1, -0.05) is 39.3 Å². The van der Waals surface area contributed by atoms with E-state index in [9.17, 15) is 9.59 Å². The van der Waals surface area contributed by atoms with Gasteiger partial charge in [0.05, 0.1) is 13.2 Å². The van der Waals surface area contributed by atoms with E-state index in [0.717, 1.165) is 24.3 Å². The molecule has 0 saturated carbocycles. The van der Waals surface area contributed by atoms with Crippen LogP contribution in [0.4, 0.5) is 17.1 Å². The van der Waals surface area contributed by atoms with E-state index in [1.165, 1.54) is 0 Å². The van der Waals surface area contributed by atoms with Crippen molar-refractivity contribution < 1.29 is 14.3 Å². The highest BCUT2D eigenvalue weighted by molar-refractivity contribution is 5.94. The maximum atomic E-state index is 12.2. The van der Waals surface area contributed by atoms with Crippen molar-refractivity contribution in [1.82, 2.24) is 0 Å². The molecule has 0 radical (unpaired) electrons. The van der Waals surface area contributed by atoms with Crippen molar-refractivity contribution in [3.05, 3.63) is 48.5 Å². The molecule has 0 aliphatic rings. The fourth-order valence-electron chi connectivity index (χ4n) is 2.38. The average molecular weight is 383 g/mol. The highest BCUT2D eigenvalue weighted by atomic mass is 16.5. The van der Waals surface area contributed by atoms with Gasteiger partial charge in [0.25, 0.3) is 0 Å². The number of hydrogen-bond acceptors (Lipinski definition) is 4. The minimum absolute atomic E-state index is 0.0454. The van der Waals surface area contributed by atoms with E-state index in [4.69, 9.17) is 4.74 Å². The SMILES string of the molecule is CCCCOc1cccc(NC(=O)CNc2cccc(NC(=O)C(C)C)c2)c1. The number of rotatable bonds is 10. The number of unbranched alkanes of at least 4 members (excludes halogenated alkanes) is 1. The minimum atomic E-state index is -0.165. The Bertz CT molecular complexity index is 790. The topological polar surface area (TPSA) is 79.5 Å². The maximum absolute atomic E-state index is 12.2. The molecule has 0 saturated heterocycles. The van der Waals surface area contributed by atoms with Crippen LogP contribution in [0.1, 0.15) is 33.6 Å². The second kappa shape index (κ2) is 11.0. The van der Waals surface area contributed by atoms with Crippen LogP contribution in [0.15, 0.2) is 48.5 Å². The Kier molecular flexibility index (Phi) is 8.34. The van der Waals surface area contributed by atoms with Crippen LogP contribution < -0.4 is 20.7 Å². The van der Waals surface area contributed by atoms with Gasteiger partial charge >= 0.3 is 0 Å². The summed E-state index contributed by atoms with van der Waals surface area (Å²) in [4.78, 5) is 24.0. The van der Waals surface area contributed by atoms with Crippen LogP contribution in [0.3, 0.4) is 0 Å². The number of anilines is 3. The van der Waals surface area contributed by atoms with E-state index in [0.29, 0.717) is 18.0 Å². The third-order valence-corrected chi connectivity index (χ3v) is 3.99. The predicted octanol–water partition coefficient (Wildman–Crippen LogP) is 4.51. The summed E-state index contributed by atoms with van der Waals surface area (Å²) in [6.07, 6.45) is 2.07. The van der Waals surface area contributed by atoms with Crippen molar-refractivity contribution in [3.63, 3.8) is 0 Å². The summed E-state index contributed by atoms with van der Waals surface area (Å²) in [5.74, 6) is 0.440. The summed E-state index contributed by atoms with van der Waals surface area (Å²) in [5.41, 5.74) is 2.15. The standard InChI is InChI=1S/C22H29N3O3/c1-4-5-12-28-20-11-7-10-19(14-20)24-21(26)15-23-17-8-6-9-18(13-17)25-22(27)16(2)3/h6-11,13-14,16,23H,4-5,12,15H2,1-3H3,(H,24,26)(H,25,27). The fourth-order valence-corrected chi connectivity index (χ4v) is 2.38. The zero-order chi connectivity index (χ0) is 20.4. The van der Waals surface area contributed by atoms with Crippen molar-refractivity contribution in [1.29, 1.82) is 0 Å². The molecule has 0 heterocycles. The highest BCUT2D eigenvalue weighted by Crippen LogP contribution is 2.18. The van der Waals surface area contributed by atoms with Crippen molar-refractivity contribution in [2.24, 2.45) is 5.92 Å². The van der Waals surface area contributed by atoms with Crippen molar-refractivity contribution in [2.45, 2.75) is 33.6 Å². The van der Waals surface area contributed by atoms with Crippen molar-refractivity contribution in [2.75, 3.05) is 29.1 Å². The number of ether oxygens (including phenoxy) is 1. The first kappa shape index (κ1) is 21.3. The van der Waals surface area contributed by atoms with Gasteiger partial charge in [-0.05, 0) is 36.8 Å². The van der Waals surface area contributed by atoms with Gasteiger partial charge < -0.3 is 20.7 Å². The van der Waals surface area contributed by atoms with Crippen LogP contribution >= 0.6 is 0 Å². The molecule has 0 unspecified atom stereocenters. The Balaban J connectivity index is 1.85. The molecule has 2 aromatic rings. The maximum Gasteiger partial charge on any atom is 0.243 e. The third-order valence-electron chi connectivity index (χ3n) is 3.99. The monoisotopic (exact) mass is 383 g/mol. The normalized spacial score (nSPS) is 10.4. The average Bonchev–Trinajstić information content (AvgIpc) is 2.67. The molecule has 0 bridgehead atoms. The quantitative estimate of drug-likeness (QED) is 0.527. The van der Waals surface area contributed by atoms with Gasteiger partial charge in [0.1, 0.15) is 5.75 Å². The largest absolute Gasteiger partial charge is 0.494 e. The lowest BCUT2D eigenvalue weighted by Gasteiger charge is -2.12. The van der Waals surface area contributed by atoms with Gasteiger partial charge in [-0.2, -0.15) is 0 Å². The zero-order valence-electron chi connectivity index (χ0n) is 16.7. The Hall–Kier alpha value is -3.02. The molecule has 0 fully saturated rings. The molecule has 0 spiro atoms. The number of amides is 2. The summed E-state index contributed by atoms with van der Waals surface area (Å²) < 4.78 is 5.66. The molecule has 6 nitrogen and oxygen atoms in total. The van der Waals surface area contributed by atoms with Gasteiger partial charge in [-0.15, -0.1) is 0 Å². The number of carbonyl (C=O) groups excluding carboxylic acids is 2. The lowest BCUT2D eigenvalue weighted by molar-refractivity contribution is -0.119. The lowest BCUT2D eigenvalue weighted by atomic mass is 10.2. The van der Waals surface area contributed by atoms with E-state index in [-0.39, 0.29) is 24.3 Å². The molecule has 0 aliphatic carbocycles. The van der Waals surface area contributed by atoms with Gasteiger partial charge in [-0.3, -0.25) is 9.59 Å². The van der Waals surface area contributed by atoms with E-state index in [2.05, 4.69) is 22.9 Å². The van der Waals surface area contributed by atoms with Crippen molar-refractivity contribution in [3.8, 4) is 5.75 Å². The molecule has 3 N–H and O–H groups in total. The van der Waals surface area contributed by atoms with Crippen LogP contribution in [0.25, 0.3) is 0 Å². The predicted molar refractivity (Wildman–Crippen MR) is 114 cm³/mol. The first-order chi connectivity index (χ1) is 13.5. The number of nitrogens with one attached hydrogen (secondary N) is 3. The molecule has 0 aliphatic heterocycles. The van der Waals surface area contributed by atoms with Gasteiger partial charge in [0.15, 0.2) is 0 Å². The summed E-state index contributed by atoms with van der Waals surface area (Å²) in [7, 11) is 0. The number of benzene rings is 2. The van der Waals surface area contributed by atoms with Crippen LogP contribution in [-0.4, -0.2) is 25.0 Å². The fraction of sp³-hybridized carbons (Fsp3) is 0.364. The smallest absolute Gasteiger partial charge is 0.243 e. The van der Waals surface area contributed by atoms with Gasteiger partial charge in [0.2, 0.25) is 11.8 Å². The van der Waals surface area contributed by atoms with Crippen LogP contribution in [0, 0.1) is 5.92 Å². The molecule has 2 aromatic carbocycles. The van der Waals surface area contributed by atoms with Crippen molar-refractivity contribution >= 4 is 28.9 Å². The molecule has 0 aromatic heterocycles. The first-order valence-corrected chi connectivity index (χ1v) is 9.65. The lowest BCUT2D eigenvalue weighted by Crippen LogP contribution is -2.22. The first-order valence-electron chi connectivity index (χ1n) is 9.65. The summed E-state index contributed by atoms with van der Waals surface area (Å²) in [5, 5.41) is 8.77. The molecule has 2 rings (SSSR count).